The molecule has 4 nitrogen and oxygen atoms in total. The van der Waals surface area contributed by atoms with Gasteiger partial charge >= 0.3 is 0 Å². The number of rotatable bonds is 5. The van der Waals surface area contributed by atoms with Crippen LogP contribution in [0.25, 0.3) is 0 Å². The Morgan fingerprint density at radius 2 is 2.16 bits per heavy atom. The zero-order valence-electron chi connectivity index (χ0n) is 11.2. The Hall–Kier alpha value is -1.62. The molecule has 0 radical (unpaired) electrons. The number of aryl methyl sites for hydroxylation is 1. The molecule has 19 heavy (non-hydrogen) atoms. The van der Waals surface area contributed by atoms with E-state index >= 15 is 0 Å². The SMILES string of the molecule is CCCc1cc(=O)n(C)c(SCc2ccccn2)n1. The summed E-state index contributed by atoms with van der Waals surface area (Å²) in [6.45, 7) is 2.08. The van der Waals surface area contributed by atoms with Crippen molar-refractivity contribution in [1.82, 2.24) is 14.5 Å². The smallest absolute Gasteiger partial charge is 0.254 e. The van der Waals surface area contributed by atoms with Gasteiger partial charge in [0.2, 0.25) is 0 Å². The Kier molecular flexibility index (Phi) is 4.74. The fourth-order valence-electron chi connectivity index (χ4n) is 1.70. The van der Waals surface area contributed by atoms with Crippen molar-refractivity contribution in [1.29, 1.82) is 0 Å². The number of aromatic nitrogens is 3. The fourth-order valence-corrected chi connectivity index (χ4v) is 2.61. The van der Waals surface area contributed by atoms with E-state index in [-0.39, 0.29) is 5.56 Å². The normalized spacial score (nSPS) is 10.6. The van der Waals surface area contributed by atoms with Crippen molar-refractivity contribution >= 4 is 11.8 Å². The van der Waals surface area contributed by atoms with Gasteiger partial charge in [-0.1, -0.05) is 31.2 Å². The number of nitrogens with zero attached hydrogens (tertiary/aromatic N) is 3. The van der Waals surface area contributed by atoms with Crippen LogP contribution in [0.15, 0.2) is 40.4 Å². The van der Waals surface area contributed by atoms with Crippen LogP contribution in [0.2, 0.25) is 0 Å². The van der Waals surface area contributed by atoms with Crippen LogP contribution in [0.3, 0.4) is 0 Å². The lowest BCUT2D eigenvalue weighted by molar-refractivity contribution is 0.682. The molecule has 2 rings (SSSR count). The quantitative estimate of drug-likeness (QED) is 0.621. The molecule has 0 unspecified atom stereocenters. The summed E-state index contributed by atoms with van der Waals surface area (Å²) >= 11 is 1.54. The third-order valence-electron chi connectivity index (χ3n) is 2.73. The van der Waals surface area contributed by atoms with Crippen LogP contribution in [-0.2, 0) is 19.2 Å². The number of hydrogen-bond donors (Lipinski definition) is 0. The van der Waals surface area contributed by atoms with E-state index in [1.54, 1.807) is 35.6 Å². The summed E-state index contributed by atoms with van der Waals surface area (Å²) in [7, 11) is 1.76. The summed E-state index contributed by atoms with van der Waals surface area (Å²) < 4.78 is 1.59. The molecule has 0 spiro atoms. The molecular formula is C14H17N3OS. The van der Waals surface area contributed by atoms with Crippen molar-refractivity contribution < 1.29 is 0 Å². The van der Waals surface area contributed by atoms with Gasteiger partial charge in [-0.15, -0.1) is 0 Å². The molecular weight excluding hydrogens is 258 g/mol. The van der Waals surface area contributed by atoms with Crippen molar-refractivity contribution in [2.45, 2.75) is 30.7 Å². The third kappa shape index (κ3) is 3.67. The lowest BCUT2D eigenvalue weighted by Gasteiger charge is -2.08. The highest BCUT2D eigenvalue weighted by molar-refractivity contribution is 7.98. The number of hydrogen-bond acceptors (Lipinski definition) is 4. The van der Waals surface area contributed by atoms with Gasteiger partial charge in [-0.3, -0.25) is 14.3 Å². The van der Waals surface area contributed by atoms with Crippen LogP contribution >= 0.6 is 11.8 Å². The van der Waals surface area contributed by atoms with Gasteiger partial charge in [-0.2, -0.15) is 0 Å². The molecule has 0 aliphatic carbocycles. The zero-order valence-corrected chi connectivity index (χ0v) is 12.0. The molecule has 2 aromatic heterocycles. The maximum absolute atomic E-state index is 11.8. The van der Waals surface area contributed by atoms with Gasteiger partial charge < -0.3 is 0 Å². The van der Waals surface area contributed by atoms with E-state index in [0.29, 0.717) is 0 Å². The van der Waals surface area contributed by atoms with E-state index < -0.39 is 0 Å². The number of pyridine rings is 1. The molecule has 0 saturated carbocycles. The van der Waals surface area contributed by atoms with Crippen LogP contribution in [0.5, 0.6) is 0 Å². The van der Waals surface area contributed by atoms with Crippen molar-refractivity contribution in [3.8, 4) is 0 Å². The lowest BCUT2D eigenvalue weighted by Crippen LogP contribution is -2.20. The van der Waals surface area contributed by atoms with E-state index in [4.69, 9.17) is 0 Å². The van der Waals surface area contributed by atoms with Gasteiger partial charge in [0.25, 0.3) is 5.56 Å². The molecule has 100 valence electrons. The van der Waals surface area contributed by atoms with Gasteiger partial charge in [0, 0.05) is 30.8 Å². The van der Waals surface area contributed by atoms with Gasteiger partial charge in [0.15, 0.2) is 5.16 Å². The average molecular weight is 275 g/mol. The number of thioether (sulfide) groups is 1. The van der Waals surface area contributed by atoms with Crippen molar-refractivity contribution in [3.05, 3.63) is 52.2 Å². The summed E-state index contributed by atoms with van der Waals surface area (Å²) in [6.07, 6.45) is 3.60. The maximum atomic E-state index is 11.8. The predicted octanol–water partition coefficient (Wildman–Crippen LogP) is 2.42. The molecule has 2 aromatic rings. The minimum atomic E-state index is 0.00182. The monoisotopic (exact) mass is 275 g/mol. The van der Waals surface area contributed by atoms with Crippen molar-refractivity contribution in [2.75, 3.05) is 0 Å². The van der Waals surface area contributed by atoms with Crippen LogP contribution in [0.1, 0.15) is 24.7 Å². The second-order valence-corrected chi connectivity index (χ2v) is 5.23. The van der Waals surface area contributed by atoms with Gasteiger partial charge in [-0.25, -0.2) is 4.98 Å². The molecule has 0 aliphatic heterocycles. The Morgan fingerprint density at radius 3 is 2.84 bits per heavy atom. The highest BCUT2D eigenvalue weighted by atomic mass is 32.2. The first kappa shape index (κ1) is 13.8. The van der Waals surface area contributed by atoms with Crippen molar-refractivity contribution in [2.24, 2.45) is 7.05 Å². The molecule has 0 bridgehead atoms. The average Bonchev–Trinajstić information content (AvgIpc) is 2.42. The standard InChI is InChI=1S/C14H17N3OS/c1-3-6-11-9-13(18)17(2)14(16-11)19-10-12-7-4-5-8-15-12/h4-5,7-9H,3,6,10H2,1-2H3. The van der Waals surface area contributed by atoms with Gasteiger partial charge in [0.05, 0.1) is 5.69 Å². The summed E-state index contributed by atoms with van der Waals surface area (Å²) in [4.78, 5) is 20.6. The van der Waals surface area contributed by atoms with Gasteiger partial charge in [0.1, 0.15) is 0 Å². The van der Waals surface area contributed by atoms with Crippen molar-refractivity contribution in [3.63, 3.8) is 0 Å². The van der Waals surface area contributed by atoms with Crippen LogP contribution in [0.4, 0.5) is 0 Å². The molecule has 0 N–H and O–H groups in total. The second-order valence-electron chi connectivity index (χ2n) is 4.29. The first-order valence-electron chi connectivity index (χ1n) is 6.30. The summed E-state index contributed by atoms with van der Waals surface area (Å²) in [5.41, 5.74) is 1.86. The van der Waals surface area contributed by atoms with Crippen LogP contribution in [0, 0.1) is 0 Å². The van der Waals surface area contributed by atoms with Crippen LogP contribution < -0.4 is 5.56 Å². The van der Waals surface area contributed by atoms with Gasteiger partial charge in [-0.05, 0) is 18.6 Å². The fraction of sp³-hybridized carbons (Fsp3) is 0.357. The molecule has 0 saturated heterocycles. The predicted molar refractivity (Wildman–Crippen MR) is 77.3 cm³/mol. The maximum Gasteiger partial charge on any atom is 0.254 e. The lowest BCUT2D eigenvalue weighted by atomic mass is 10.2. The Balaban J connectivity index is 2.17. The Labute approximate surface area is 116 Å². The van der Waals surface area contributed by atoms with E-state index in [2.05, 4.69) is 16.9 Å². The molecule has 0 atom stereocenters. The van der Waals surface area contributed by atoms with E-state index in [0.717, 1.165) is 35.1 Å². The molecule has 5 heteroatoms. The van der Waals surface area contributed by atoms with E-state index in [1.807, 2.05) is 18.2 Å². The third-order valence-corrected chi connectivity index (χ3v) is 3.79. The first-order valence-corrected chi connectivity index (χ1v) is 7.29. The van der Waals surface area contributed by atoms with E-state index in [1.165, 1.54) is 0 Å². The minimum Gasteiger partial charge on any atom is -0.291 e. The molecule has 0 amide bonds. The Morgan fingerprint density at radius 1 is 1.32 bits per heavy atom. The molecule has 0 fully saturated rings. The zero-order chi connectivity index (χ0) is 13.7. The topological polar surface area (TPSA) is 47.8 Å². The van der Waals surface area contributed by atoms with E-state index in [9.17, 15) is 4.79 Å². The second kappa shape index (κ2) is 6.52. The highest BCUT2D eigenvalue weighted by Crippen LogP contribution is 2.18. The Bertz CT molecular complexity index is 595. The molecule has 0 aliphatic rings. The van der Waals surface area contributed by atoms with Crippen LogP contribution in [-0.4, -0.2) is 14.5 Å². The summed E-state index contributed by atoms with van der Waals surface area (Å²) in [5.74, 6) is 0.719. The summed E-state index contributed by atoms with van der Waals surface area (Å²) in [5, 5.41) is 0.751. The minimum absolute atomic E-state index is 0.00182. The summed E-state index contributed by atoms with van der Waals surface area (Å²) in [6, 6.07) is 7.45. The molecule has 0 aromatic carbocycles. The molecule has 2 heterocycles. The largest absolute Gasteiger partial charge is 0.291 e. The highest BCUT2D eigenvalue weighted by Gasteiger charge is 2.06. The first-order chi connectivity index (χ1) is 9.20.